The molecule has 154 valence electrons. The summed E-state index contributed by atoms with van der Waals surface area (Å²) >= 11 is 0. The molecule has 2 aliphatic rings. The molecule has 0 radical (unpaired) electrons. The third-order valence-electron chi connectivity index (χ3n) is 7.43. The first-order chi connectivity index (χ1) is 12.0. The van der Waals surface area contributed by atoms with Crippen molar-refractivity contribution in [2.45, 2.75) is 104 Å². The first kappa shape index (κ1) is 22.1. The molecule has 0 aromatic carbocycles. The molecular weight excluding hydrogens is 322 g/mol. The van der Waals surface area contributed by atoms with Crippen LogP contribution < -0.4 is 0 Å². The molecule has 0 spiro atoms. The second-order valence-electron chi connectivity index (χ2n) is 10.3. The Kier molecular flexibility index (Phi) is 7.21. The van der Waals surface area contributed by atoms with E-state index in [0.717, 1.165) is 45.4 Å². The van der Waals surface area contributed by atoms with Crippen LogP contribution in [0.25, 0.3) is 0 Å². The average Bonchev–Trinajstić information content (AvgIpc) is 2.54. The maximum Gasteiger partial charge on any atom is 0.0723 e. The fourth-order valence-electron chi connectivity index (χ4n) is 5.26. The van der Waals surface area contributed by atoms with Crippen LogP contribution in [0.1, 0.15) is 74.7 Å². The SMILES string of the molecule is CC(C)N1CCC(O)(C(C)(C)CC(C)N2CCN(C(C)C)CC2C)CC1. The van der Waals surface area contributed by atoms with Crippen molar-refractivity contribution in [1.82, 2.24) is 14.7 Å². The van der Waals surface area contributed by atoms with Gasteiger partial charge in [-0.1, -0.05) is 13.8 Å². The van der Waals surface area contributed by atoms with Gasteiger partial charge >= 0.3 is 0 Å². The van der Waals surface area contributed by atoms with Gasteiger partial charge in [0.15, 0.2) is 0 Å². The standard InChI is InChI=1S/C22H45N3O/c1-17(2)23-11-9-22(26,10-12-23)21(7,8)15-19(5)25-14-13-24(18(3)4)16-20(25)6/h17-20,26H,9-16H2,1-8H3. The molecule has 4 nitrogen and oxygen atoms in total. The van der Waals surface area contributed by atoms with Crippen LogP contribution in [-0.4, -0.2) is 82.3 Å². The van der Waals surface area contributed by atoms with E-state index in [1.807, 2.05) is 0 Å². The minimum atomic E-state index is -0.532. The topological polar surface area (TPSA) is 30.0 Å². The summed E-state index contributed by atoms with van der Waals surface area (Å²) in [5, 5.41) is 11.5. The molecule has 2 heterocycles. The Morgan fingerprint density at radius 3 is 1.92 bits per heavy atom. The van der Waals surface area contributed by atoms with Crippen molar-refractivity contribution in [2.75, 3.05) is 32.7 Å². The van der Waals surface area contributed by atoms with E-state index in [1.165, 1.54) is 6.54 Å². The first-order valence-corrected chi connectivity index (χ1v) is 10.9. The van der Waals surface area contributed by atoms with Gasteiger partial charge in [-0.2, -0.15) is 0 Å². The molecule has 0 amide bonds. The number of hydrogen-bond acceptors (Lipinski definition) is 4. The van der Waals surface area contributed by atoms with Crippen LogP contribution in [0.15, 0.2) is 0 Å². The summed E-state index contributed by atoms with van der Waals surface area (Å²) in [4.78, 5) is 7.77. The summed E-state index contributed by atoms with van der Waals surface area (Å²) in [6.45, 7) is 24.0. The van der Waals surface area contributed by atoms with Gasteiger partial charge in [0.1, 0.15) is 0 Å². The smallest absolute Gasteiger partial charge is 0.0723 e. The van der Waals surface area contributed by atoms with Crippen LogP contribution in [-0.2, 0) is 0 Å². The quantitative estimate of drug-likeness (QED) is 0.779. The summed E-state index contributed by atoms with van der Waals surface area (Å²) < 4.78 is 0. The summed E-state index contributed by atoms with van der Waals surface area (Å²) in [5.74, 6) is 0. The third-order valence-corrected chi connectivity index (χ3v) is 7.43. The first-order valence-electron chi connectivity index (χ1n) is 10.9. The minimum Gasteiger partial charge on any atom is -0.389 e. The van der Waals surface area contributed by atoms with Crippen molar-refractivity contribution < 1.29 is 5.11 Å². The molecule has 1 N–H and O–H groups in total. The second kappa shape index (κ2) is 8.46. The van der Waals surface area contributed by atoms with Crippen molar-refractivity contribution in [3.63, 3.8) is 0 Å². The maximum atomic E-state index is 11.5. The molecule has 4 heteroatoms. The van der Waals surface area contributed by atoms with Gasteiger partial charge in [0.05, 0.1) is 5.60 Å². The van der Waals surface area contributed by atoms with Crippen molar-refractivity contribution in [3.8, 4) is 0 Å². The Hall–Kier alpha value is -0.160. The molecular formula is C22H45N3O. The minimum absolute atomic E-state index is 0.0512. The number of likely N-dealkylation sites (tertiary alicyclic amines) is 1. The Labute approximate surface area is 162 Å². The Bertz CT molecular complexity index is 441. The van der Waals surface area contributed by atoms with E-state index in [0.29, 0.717) is 24.2 Å². The van der Waals surface area contributed by atoms with Gasteiger partial charge in [0.2, 0.25) is 0 Å². The van der Waals surface area contributed by atoms with Gasteiger partial charge in [0.25, 0.3) is 0 Å². The zero-order valence-electron chi connectivity index (χ0n) is 18.8. The highest BCUT2D eigenvalue weighted by Gasteiger charge is 2.46. The third kappa shape index (κ3) is 4.81. The molecule has 2 fully saturated rings. The van der Waals surface area contributed by atoms with Gasteiger partial charge in [-0.25, -0.2) is 0 Å². The van der Waals surface area contributed by atoms with Gasteiger partial charge in [0, 0.05) is 56.9 Å². The van der Waals surface area contributed by atoms with E-state index in [2.05, 4.69) is 70.1 Å². The monoisotopic (exact) mass is 367 g/mol. The lowest BCUT2D eigenvalue weighted by molar-refractivity contribution is -0.122. The number of piperidine rings is 1. The normalized spacial score (nSPS) is 28.0. The highest BCUT2D eigenvalue weighted by Crippen LogP contribution is 2.43. The summed E-state index contributed by atoms with van der Waals surface area (Å²) in [6.07, 6.45) is 2.88. The van der Waals surface area contributed by atoms with Crippen molar-refractivity contribution in [3.05, 3.63) is 0 Å². The van der Waals surface area contributed by atoms with Crippen LogP contribution in [0.5, 0.6) is 0 Å². The Morgan fingerprint density at radius 2 is 1.46 bits per heavy atom. The molecule has 0 aromatic rings. The highest BCUT2D eigenvalue weighted by atomic mass is 16.3. The summed E-state index contributed by atoms with van der Waals surface area (Å²) in [7, 11) is 0. The lowest BCUT2D eigenvalue weighted by Gasteiger charge is -2.51. The van der Waals surface area contributed by atoms with Crippen molar-refractivity contribution >= 4 is 0 Å². The lowest BCUT2D eigenvalue weighted by atomic mass is 9.66. The fraction of sp³-hybridized carbons (Fsp3) is 1.00. The second-order valence-corrected chi connectivity index (χ2v) is 10.3. The molecule has 2 saturated heterocycles. The summed E-state index contributed by atoms with van der Waals surface area (Å²) in [6, 6.07) is 2.33. The van der Waals surface area contributed by atoms with Crippen LogP contribution >= 0.6 is 0 Å². The lowest BCUT2D eigenvalue weighted by Crippen LogP contribution is -2.59. The van der Waals surface area contributed by atoms with Crippen molar-refractivity contribution in [2.24, 2.45) is 5.41 Å². The molecule has 0 aromatic heterocycles. The van der Waals surface area contributed by atoms with E-state index in [9.17, 15) is 5.11 Å². The Morgan fingerprint density at radius 1 is 0.923 bits per heavy atom. The van der Waals surface area contributed by atoms with Crippen LogP contribution in [0.2, 0.25) is 0 Å². The number of piperazine rings is 1. The zero-order valence-corrected chi connectivity index (χ0v) is 18.8. The largest absolute Gasteiger partial charge is 0.389 e. The van der Waals surface area contributed by atoms with Gasteiger partial charge in [-0.05, 0) is 66.2 Å². The molecule has 0 saturated carbocycles. The molecule has 26 heavy (non-hydrogen) atoms. The van der Waals surface area contributed by atoms with E-state index >= 15 is 0 Å². The van der Waals surface area contributed by atoms with Gasteiger partial charge in [-0.3, -0.25) is 9.80 Å². The fourth-order valence-corrected chi connectivity index (χ4v) is 5.26. The average molecular weight is 368 g/mol. The summed E-state index contributed by atoms with van der Waals surface area (Å²) in [5.41, 5.74) is -0.583. The van der Waals surface area contributed by atoms with Gasteiger partial charge in [-0.15, -0.1) is 0 Å². The predicted octanol–water partition coefficient (Wildman–Crippen LogP) is 3.44. The zero-order chi connectivity index (χ0) is 19.7. The molecule has 2 unspecified atom stereocenters. The van der Waals surface area contributed by atoms with E-state index in [1.54, 1.807) is 0 Å². The number of aliphatic hydroxyl groups is 1. The predicted molar refractivity (Wildman–Crippen MR) is 112 cm³/mol. The number of nitrogens with zero attached hydrogens (tertiary/aromatic N) is 3. The molecule has 2 rings (SSSR count). The molecule has 0 bridgehead atoms. The molecule has 0 aliphatic carbocycles. The Balaban J connectivity index is 1.96. The molecule has 2 aliphatic heterocycles. The molecule has 2 atom stereocenters. The van der Waals surface area contributed by atoms with Gasteiger partial charge < -0.3 is 10.0 Å². The van der Waals surface area contributed by atoms with Crippen molar-refractivity contribution in [1.29, 1.82) is 0 Å². The van der Waals surface area contributed by atoms with E-state index < -0.39 is 5.60 Å². The number of rotatable bonds is 6. The van der Waals surface area contributed by atoms with Crippen LogP contribution in [0.3, 0.4) is 0 Å². The van der Waals surface area contributed by atoms with Crippen LogP contribution in [0.4, 0.5) is 0 Å². The maximum absolute atomic E-state index is 11.5. The van der Waals surface area contributed by atoms with E-state index in [-0.39, 0.29) is 5.41 Å². The highest BCUT2D eigenvalue weighted by molar-refractivity contribution is 4.99. The van der Waals surface area contributed by atoms with Crippen LogP contribution in [0, 0.1) is 5.41 Å². The number of hydrogen-bond donors (Lipinski definition) is 1. The van der Waals surface area contributed by atoms with E-state index in [4.69, 9.17) is 0 Å².